The molecule has 2 amide bonds. The lowest BCUT2D eigenvalue weighted by Gasteiger charge is -2.29. The van der Waals surface area contributed by atoms with Gasteiger partial charge in [-0.15, -0.1) is 0 Å². The molecule has 0 spiro atoms. The maximum absolute atomic E-state index is 13.5. The zero-order valence-corrected chi connectivity index (χ0v) is 21.0. The Balaban J connectivity index is 1.35. The van der Waals surface area contributed by atoms with E-state index >= 15 is 0 Å². The number of aromatic hydroxyl groups is 1. The third-order valence-corrected chi connectivity index (χ3v) is 7.25. The fraction of sp³-hybridized carbons (Fsp3) is 0.259. The van der Waals surface area contributed by atoms with E-state index in [0.29, 0.717) is 42.7 Å². The van der Waals surface area contributed by atoms with Crippen LogP contribution in [0.2, 0.25) is 0 Å². The normalized spacial score (nSPS) is 17.6. The van der Waals surface area contributed by atoms with Gasteiger partial charge in [0, 0.05) is 29.9 Å². The molecule has 1 atom stereocenters. The van der Waals surface area contributed by atoms with Crippen LogP contribution in [-0.4, -0.2) is 62.3 Å². The van der Waals surface area contributed by atoms with Gasteiger partial charge in [0.05, 0.1) is 18.5 Å². The molecular weight excluding hydrogens is 497 g/mol. The zero-order valence-electron chi connectivity index (χ0n) is 20.1. The number of nitrogens with one attached hydrogen (secondary N) is 1. The van der Waals surface area contributed by atoms with Gasteiger partial charge in [0.15, 0.2) is 0 Å². The molecule has 2 aliphatic rings. The van der Waals surface area contributed by atoms with Crippen molar-refractivity contribution in [2.24, 2.45) is 0 Å². The second-order valence-corrected chi connectivity index (χ2v) is 11.1. The average Bonchev–Trinajstić information content (AvgIpc) is 3.30. The predicted octanol–water partition coefficient (Wildman–Crippen LogP) is 3.82. The number of phenols is 1. The van der Waals surface area contributed by atoms with Crippen molar-refractivity contribution in [2.45, 2.75) is 19.0 Å². The number of nitrogens with zero attached hydrogens (tertiary/aromatic N) is 2. The number of likely N-dealkylation sites (tertiary alicyclic amines) is 1. The van der Waals surface area contributed by atoms with Crippen molar-refractivity contribution in [3.05, 3.63) is 77.4 Å². The van der Waals surface area contributed by atoms with Crippen LogP contribution >= 0.6 is 0 Å². The lowest BCUT2D eigenvalue weighted by atomic mass is 9.93. The van der Waals surface area contributed by atoms with Crippen molar-refractivity contribution in [1.29, 1.82) is 0 Å². The minimum Gasteiger partial charge on any atom is -0.506 e. The molecule has 0 aromatic heterocycles. The first-order valence-corrected chi connectivity index (χ1v) is 13.8. The highest BCUT2D eigenvalue weighted by molar-refractivity contribution is 7.92. The number of carbonyl (C=O) groups is 2. The number of alkyl halides is 1. The molecule has 1 saturated heterocycles. The summed E-state index contributed by atoms with van der Waals surface area (Å²) in [6.07, 6.45) is 0.984. The largest absolute Gasteiger partial charge is 0.506 e. The average molecular weight is 524 g/mol. The Morgan fingerprint density at radius 2 is 1.76 bits per heavy atom. The molecule has 0 unspecified atom stereocenters. The molecule has 2 aliphatic heterocycles. The maximum Gasteiger partial charge on any atom is 0.258 e. The number of benzene rings is 3. The Hall–Kier alpha value is -3.92. The van der Waals surface area contributed by atoms with Crippen LogP contribution in [0, 0.1) is 0 Å². The summed E-state index contributed by atoms with van der Waals surface area (Å²) in [5, 5.41) is 10.0. The summed E-state index contributed by atoms with van der Waals surface area (Å²) < 4.78 is 38.9. The summed E-state index contributed by atoms with van der Waals surface area (Å²) in [5.41, 5.74) is 4.23. The molecule has 5 rings (SSSR count). The van der Waals surface area contributed by atoms with Crippen molar-refractivity contribution in [3.8, 4) is 16.9 Å². The first-order chi connectivity index (χ1) is 17.6. The van der Waals surface area contributed by atoms with E-state index in [4.69, 9.17) is 0 Å². The van der Waals surface area contributed by atoms with E-state index in [9.17, 15) is 27.5 Å². The molecule has 0 radical (unpaired) electrons. The van der Waals surface area contributed by atoms with Gasteiger partial charge < -0.3 is 14.9 Å². The third-order valence-electron chi connectivity index (χ3n) is 6.66. The number of anilines is 2. The Kier molecular flexibility index (Phi) is 6.36. The third kappa shape index (κ3) is 5.15. The number of carbonyl (C=O) groups excluding carboxylic acids is 2. The Morgan fingerprint density at radius 1 is 1.03 bits per heavy atom. The number of phenolic OH excluding ortho intramolecular Hbond substituents is 1. The van der Waals surface area contributed by atoms with Gasteiger partial charge >= 0.3 is 0 Å². The van der Waals surface area contributed by atoms with Crippen LogP contribution in [-0.2, 0) is 16.4 Å². The first kappa shape index (κ1) is 24.8. The maximum atomic E-state index is 13.5. The second kappa shape index (κ2) is 9.51. The Bertz CT molecular complexity index is 1490. The topological polar surface area (TPSA) is 107 Å². The Morgan fingerprint density at radius 3 is 2.43 bits per heavy atom. The van der Waals surface area contributed by atoms with E-state index in [0.717, 1.165) is 22.9 Å². The van der Waals surface area contributed by atoms with Crippen molar-refractivity contribution >= 4 is 33.2 Å². The van der Waals surface area contributed by atoms with Gasteiger partial charge in [0.1, 0.15) is 11.9 Å². The van der Waals surface area contributed by atoms with Crippen LogP contribution in [0.4, 0.5) is 15.8 Å². The molecule has 0 saturated carbocycles. The molecular formula is C27H26FN3O5S. The van der Waals surface area contributed by atoms with Crippen LogP contribution in [0.15, 0.2) is 60.7 Å². The van der Waals surface area contributed by atoms with Crippen LogP contribution in [0.5, 0.6) is 5.75 Å². The highest BCUT2D eigenvalue weighted by Gasteiger charge is 2.28. The summed E-state index contributed by atoms with van der Waals surface area (Å²) in [5.74, 6) is -0.628. The molecule has 2 N–H and O–H groups in total. The summed E-state index contributed by atoms with van der Waals surface area (Å²) in [7, 11) is -3.60. The summed E-state index contributed by atoms with van der Waals surface area (Å²) >= 11 is 0. The van der Waals surface area contributed by atoms with Gasteiger partial charge in [-0.3, -0.25) is 14.3 Å². The van der Waals surface area contributed by atoms with Crippen molar-refractivity contribution in [3.63, 3.8) is 0 Å². The van der Waals surface area contributed by atoms with Crippen LogP contribution in [0.25, 0.3) is 11.1 Å². The van der Waals surface area contributed by atoms with Gasteiger partial charge in [-0.2, -0.15) is 0 Å². The molecule has 0 aliphatic carbocycles. The monoisotopic (exact) mass is 523 g/mol. The quantitative estimate of drug-likeness (QED) is 0.495. The SMILES string of the molecule is CS(=O)(=O)Nc1cc(N2CCc3cc(-c4ccc(C(=O)N5CC[C@@H](F)C5)cc4)ccc3C2=O)ccc1O. The predicted molar refractivity (Wildman–Crippen MR) is 139 cm³/mol. The van der Waals surface area contributed by atoms with Crippen LogP contribution < -0.4 is 9.62 Å². The zero-order chi connectivity index (χ0) is 26.3. The molecule has 3 aromatic carbocycles. The summed E-state index contributed by atoms with van der Waals surface area (Å²) in [4.78, 5) is 28.9. The van der Waals surface area contributed by atoms with E-state index in [1.807, 2.05) is 24.3 Å². The van der Waals surface area contributed by atoms with Crippen molar-refractivity contribution < 1.29 is 27.5 Å². The fourth-order valence-electron chi connectivity index (χ4n) is 4.78. The number of amides is 2. The number of sulfonamides is 1. The molecule has 2 heterocycles. The van der Waals surface area contributed by atoms with E-state index in [1.54, 1.807) is 29.2 Å². The van der Waals surface area contributed by atoms with Gasteiger partial charge in [-0.25, -0.2) is 12.8 Å². The smallest absolute Gasteiger partial charge is 0.258 e. The molecule has 10 heteroatoms. The molecule has 3 aromatic rings. The van der Waals surface area contributed by atoms with Gasteiger partial charge in [-0.1, -0.05) is 24.3 Å². The lowest BCUT2D eigenvalue weighted by molar-refractivity contribution is 0.0782. The first-order valence-electron chi connectivity index (χ1n) is 11.9. The Labute approximate surface area is 214 Å². The molecule has 0 bridgehead atoms. The van der Waals surface area contributed by atoms with Crippen molar-refractivity contribution in [2.75, 3.05) is 35.5 Å². The highest BCUT2D eigenvalue weighted by atomic mass is 32.2. The highest BCUT2D eigenvalue weighted by Crippen LogP contribution is 2.33. The van der Waals surface area contributed by atoms with Crippen molar-refractivity contribution in [1.82, 2.24) is 4.90 Å². The fourth-order valence-corrected chi connectivity index (χ4v) is 5.34. The summed E-state index contributed by atoms with van der Waals surface area (Å²) in [6.45, 7) is 0.949. The van der Waals surface area contributed by atoms with E-state index in [2.05, 4.69) is 4.72 Å². The van der Waals surface area contributed by atoms with Gasteiger partial charge in [0.25, 0.3) is 11.8 Å². The second-order valence-electron chi connectivity index (χ2n) is 9.37. The van der Waals surface area contributed by atoms with Crippen LogP contribution in [0.1, 0.15) is 32.7 Å². The van der Waals surface area contributed by atoms with E-state index in [-0.39, 0.29) is 29.8 Å². The molecule has 37 heavy (non-hydrogen) atoms. The number of hydrogen-bond donors (Lipinski definition) is 2. The van der Waals surface area contributed by atoms with Gasteiger partial charge in [-0.05, 0) is 65.9 Å². The van der Waals surface area contributed by atoms with E-state index < -0.39 is 16.2 Å². The van der Waals surface area contributed by atoms with Gasteiger partial charge in [0.2, 0.25) is 10.0 Å². The standard InChI is InChI=1S/C27H26FN3O5S/c1-37(35,36)29-24-15-22(7-9-25(24)32)31-13-10-20-14-19(6-8-23(20)27(31)34)17-2-4-18(5-3-17)26(33)30-12-11-21(28)16-30/h2-9,14-15,21,29,32H,10-13,16H2,1H3/t21-/m1/s1. The number of fused-ring (bicyclic) bond motifs is 1. The number of hydrogen-bond acceptors (Lipinski definition) is 5. The van der Waals surface area contributed by atoms with Crippen LogP contribution in [0.3, 0.4) is 0 Å². The summed E-state index contributed by atoms with van der Waals surface area (Å²) in [6, 6.07) is 17.1. The number of halogens is 1. The van der Waals surface area contributed by atoms with E-state index in [1.165, 1.54) is 17.0 Å². The molecule has 1 fully saturated rings. The molecule has 8 nitrogen and oxygen atoms in total. The molecule has 192 valence electrons. The minimum atomic E-state index is -3.60. The minimum absolute atomic E-state index is 0.00474. The lowest BCUT2D eigenvalue weighted by Crippen LogP contribution is -2.37. The number of rotatable bonds is 5.